The van der Waals surface area contributed by atoms with Crippen molar-refractivity contribution in [2.75, 3.05) is 19.5 Å². The number of furan rings is 1. The fourth-order valence-electron chi connectivity index (χ4n) is 3.83. The van der Waals surface area contributed by atoms with E-state index in [1.807, 2.05) is 30.3 Å². The molecule has 0 fully saturated rings. The Balaban J connectivity index is 1.69. The Hall–Kier alpha value is -4.59. The Morgan fingerprint density at radius 3 is 2.46 bits per heavy atom. The van der Waals surface area contributed by atoms with Crippen molar-refractivity contribution in [2.24, 2.45) is 0 Å². The number of carbonyl (C=O) groups excluding carboxylic acids is 1. The summed E-state index contributed by atoms with van der Waals surface area (Å²) in [6.45, 7) is 3.57. The van der Waals surface area contributed by atoms with Gasteiger partial charge in [0.05, 0.1) is 31.1 Å². The van der Waals surface area contributed by atoms with Gasteiger partial charge in [-0.05, 0) is 48.7 Å². The molecular weight excluding hydrogens is 448 g/mol. The largest absolute Gasteiger partial charge is 0.497 e. The summed E-state index contributed by atoms with van der Waals surface area (Å²) in [5.74, 6) is 0.907. The first kappa shape index (κ1) is 23.6. The zero-order valence-corrected chi connectivity index (χ0v) is 19.7. The molecule has 1 N–H and O–H groups in total. The highest BCUT2D eigenvalue weighted by Gasteiger charge is 2.16. The van der Waals surface area contributed by atoms with Crippen molar-refractivity contribution in [3.05, 3.63) is 88.2 Å². The molecule has 4 aromatic rings. The maximum absolute atomic E-state index is 12.8. The number of anilines is 1. The molecule has 0 unspecified atom stereocenters. The summed E-state index contributed by atoms with van der Waals surface area (Å²) in [6, 6.07) is 15.7. The molecule has 1 aromatic heterocycles. The number of rotatable bonds is 7. The summed E-state index contributed by atoms with van der Waals surface area (Å²) in [5.41, 5.74) is 4.90. The number of nitrogens with one attached hydrogen (secondary N) is 1. The van der Waals surface area contributed by atoms with E-state index in [1.165, 1.54) is 18.2 Å². The van der Waals surface area contributed by atoms with Crippen molar-refractivity contribution < 1.29 is 23.6 Å². The average Bonchev–Trinajstić information content (AvgIpc) is 3.27. The third-order valence-electron chi connectivity index (χ3n) is 5.76. The fraction of sp³-hybridized carbons (Fsp3) is 0.148. The van der Waals surface area contributed by atoms with E-state index in [0.29, 0.717) is 22.6 Å². The van der Waals surface area contributed by atoms with E-state index >= 15 is 0 Å². The lowest BCUT2D eigenvalue weighted by molar-refractivity contribution is -0.384. The van der Waals surface area contributed by atoms with Gasteiger partial charge in [-0.25, -0.2) is 0 Å². The minimum atomic E-state index is -0.498. The van der Waals surface area contributed by atoms with Gasteiger partial charge in [0.1, 0.15) is 17.1 Å². The Morgan fingerprint density at radius 2 is 1.80 bits per heavy atom. The highest BCUT2D eigenvalue weighted by molar-refractivity contribution is 6.05. The number of benzene rings is 3. The van der Waals surface area contributed by atoms with Gasteiger partial charge in [0, 0.05) is 40.8 Å². The number of ether oxygens (including phenoxy) is 2. The Kier molecular flexibility index (Phi) is 6.55. The number of hydrogen-bond acceptors (Lipinski definition) is 6. The normalized spacial score (nSPS) is 11.4. The van der Waals surface area contributed by atoms with Gasteiger partial charge < -0.3 is 19.2 Å². The van der Waals surface area contributed by atoms with Crippen LogP contribution in [0.1, 0.15) is 18.1 Å². The molecular formula is C27H24N2O6. The van der Waals surface area contributed by atoms with Gasteiger partial charge in [-0.3, -0.25) is 14.9 Å². The molecule has 1 heterocycles. The van der Waals surface area contributed by atoms with Crippen molar-refractivity contribution in [3.63, 3.8) is 0 Å². The lowest BCUT2D eigenvalue weighted by atomic mass is 9.99. The molecule has 1 amide bonds. The van der Waals surface area contributed by atoms with Crippen molar-refractivity contribution in [1.82, 2.24) is 0 Å². The maximum atomic E-state index is 12.8. The van der Waals surface area contributed by atoms with Gasteiger partial charge in [0.25, 0.3) is 5.69 Å². The second-order valence-corrected chi connectivity index (χ2v) is 8.00. The van der Waals surface area contributed by atoms with E-state index in [4.69, 9.17) is 13.9 Å². The van der Waals surface area contributed by atoms with Crippen molar-refractivity contribution in [2.45, 2.75) is 13.8 Å². The zero-order valence-electron chi connectivity index (χ0n) is 19.7. The molecule has 0 aliphatic carbocycles. The molecule has 4 rings (SSSR count). The number of nitrogens with zero attached hydrogens (tertiary/aromatic N) is 1. The summed E-state index contributed by atoms with van der Waals surface area (Å²) in [5, 5.41) is 14.7. The number of fused-ring (bicyclic) bond motifs is 1. The molecule has 35 heavy (non-hydrogen) atoms. The Morgan fingerprint density at radius 1 is 1.06 bits per heavy atom. The van der Waals surface area contributed by atoms with Gasteiger partial charge in [0.15, 0.2) is 0 Å². The van der Waals surface area contributed by atoms with E-state index in [-0.39, 0.29) is 5.69 Å². The smallest absolute Gasteiger partial charge is 0.271 e. The number of nitro benzene ring substituents is 1. The number of allylic oxidation sites excluding steroid dienone is 1. The van der Waals surface area contributed by atoms with Gasteiger partial charge >= 0.3 is 0 Å². The maximum Gasteiger partial charge on any atom is 0.271 e. The molecule has 0 saturated heterocycles. The molecule has 8 nitrogen and oxygen atoms in total. The standard InChI is InChI=1S/C27H24N2O6/c1-16-5-8-19(29(31)32)12-24(16)28-27(30)11-17(2)21-13-22-23(15-35-26(22)14-25(21)34-4)18-6-9-20(33-3)10-7-18/h5-15H,1-4H3,(H,28,30)/b17-11+. The van der Waals surface area contributed by atoms with Gasteiger partial charge in [0.2, 0.25) is 5.91 Å². The first-order chi connectivity index (χ1) is 16.8. The summed E-state index contributed by atoms with van der Waals surface area (Å²) < 4.78 is 16.6. The van der Waals surface area contributed by atoms with Crippen LogP contribution in [0.4, 0.5) is 11.4 Å². The van der Waals surface area contributed by atoms with Gasteiger partial charge in [-0.1, -0.05) is 18.2 Å². The number of amides is 1. The molecule has 8 heteroatoms. The lowest BCUT2D eigenvalue weighted by Crippen LogP contribution is -2.10. The molecule has 0 aliphatic heterocycles. The summed E-state index contributed by atoms with van der Waals surface area (Å²) >= 11 is 0. The molecule has 178 valence electrons. The van der Waals surface area contributed by atoms with Gasteiger partial charge in [-0.2, -0.15) is 0 Å². The van der Waals surface area contributed by atoms with Crippen LogP contribution < -0.4 is 14.8 Å². The number of hydrogen-bond donors (Lipinski definition) is 1. The minimum absolute atomic E-state index is 0.0928. The number of carbonyl (C=O) groups is 1. The molecule has 0 atom stereocenters. The lowest BCUT2D eigenvalue weighted by Gasteiger charge is -2.11. The Labute approximate surface area is 201 Å². The van der Waals surface area contributed by atoms with Crippen LogP contribution in [-0.4, -0.2) is 25.1 Å². The van der Waals surface area contributed by atoms with Crippen molar-refractivity contribution >= 4 is 33.8 Å². The van der Waals surface area contributed by atoms with Crippen LogP contribution in [0.5, 0.6) is 11.5 Å². The number of non-ortho nitro benzene ring substituents is 1. The summed E-state index contributed by atoms with van der Waals surface area (Å²) in [7, 11) is 3.17. The molecule has 0 saturated carbocycles. The predicted molar refractivity (Wildman–Crippen MR) is 135 cm³/mol. The second-order valence-electron chi connectivity index (χ2n) is 8.00. The average molecular weight is 472 g/mol. The predicted octanol–water partition coefficient (Wildman–Crippen LogP) is 6.38. The Bertz CT molecular complexity index is 1450. The molecule has 0 spiro atoms. The first-order valence-corrected chi connectivity index (χ1v) is 10.8. The van der Waals surface area contributed by atoms with Crippen LogP contribution in [0, 0.1) is 17.0 Å². The SMILES string of the molecule is COc1ccc(-c2coc3cc(OC)c(/C(C)=C/C(=O)Nc4cc([N+](=O)[O-])ccc4C)cc23)cc1. The molecule has 3 aromatic carbocycles. The fourth-order valence-corrected chi connectivity index (χ4v) is 3.83. The zero-order chi connectivity index (χ0) is 25.1. The van der Waals surface area contributed by atoms with Crippen molar-refractivity contribution in [3.8, 4) is 22.6 Å². The van der Waals surface area contributed by atoms with E-state index in [2.05, 4.69) is 5.32 Å². The third kappa shape index (κ3) is 4.86. The summed E-state index contributed by atoms with van der Waals surface area (Å²) in [4.78, 5) is 23.3. The summed E-state index contributed by atoms with van der Waals surface area (Å²) in [6.07, 6.45) is 3.13. The van der Waals surface area contributed by atoms with Crippen molar-refractivity contribution in [1.29, 1.82) is 0 Å². The highest BCUT2D eigenvalue weighted by atomic mass is 16.6. The van der Waals surface area contributed by atoms with E-state index in [0.717, 1.165) is 33.4 Å². The van der Waals surface area contributed by atoms with Gasteiger partial charge in [-0.15, -0.1) is 0 Å². The minimum Gasteiger partial charge on any atom is -0.497 e. The monoisotopic (exact) mass is 472 g/mol. The van der Waals surface area contributed by atoms with Crippen LogP contribution in [0.25, 0.3) is 27.7 Å². The van der Waals surface area contributed by atoms with Crippen LogP contribution in [0.3, 0.4) is 0 Å². The highest BCUT2D eigenvalue weighted by Crippen LogP contribution is 2.37. The molecule has 0 aliphatic rings. The molecule has 0 bridgehead atoms. The van der Waals surface area contributed by atoms with E-state index in [9.17, 15) is 14.9 Å². The quantitative estimate of drug-likeness (QED) is 0.190. The topological polar surface area (TPSA) is 104 Å². The number of methoxy groups -OCH3 is 2. The van der Waals surface area contributed by atoms with E-state index < -0.39 is 10.8 Å². The second kappa shape index (κ2) is 9.72. The third-order valence-corrected chi connectivity index (χ3v) is 5.76. The number of aryl methyl sites for hydroxylation is 1. The van der Waals surface area contributed by atoms with Crippen LogP contribution in [0.15, 0.2) is 71.4 Å². The number of nitro groups is 1. The first-order valence-electron chi connectivity index (χ1n) is 10.8. The molecule has 0 radical (unpaired) electrons. The van der Waals surface area contributed by atoms with Crippen LogP contribution in [-0.2, 0) is 4.79 Å². The van der Waals surface area contributed by atoms with E-state index in [1.54, 1.807) is 46.5 Å². The van der Waals surface area contributed by atoms with Crippen LogP contribution >= 0.6 is 0 Å². The van der Waals surface area contributed by atoms with Crippen LogP contribution in [0.2, 0.25) is 0 Å².